The highest BCUT2D eigenvalue weighted by molar-refractivity contribution is 6.34. The number of nitrogens with zero attached hydrogens (tertiary/aromatic N) is 1. The van der Waals surface area contributed by atoms with Crippen molar-refractivity contribution in [2.75, 3.05) is 18.4 Å². The van der Waals surface area contributed by atoms with Crippen LogP contribution in [0.3, 0.4) is 0 Å². The van der Waals surface area contributed by atoms with Crippen molar-refractivity contribution in [2.24, 2.45) is 5.92 Å². The van der Waals surface area contributed by atoms with E-state index >= 15 is 0 Å². The number of anilines is 1. The van der Waals surface area contributed by atoms with Crippen molar-refractivity contribution < 1.29 is 17.6 Å². The number of hydrogen-bond acceptors (Lipinski definition) is 5. The SMILES string of the molecule is C[C@H](Nc1cc(-c2n[nH]c(=O)o2)cc(C(F)(F)F)c1Cl)C1CCNCC1. The molecule has 10 heteroatoms. The molecular weight excluding hydrogens is 373 g/mol. The first-order chi connectivity index (χ1) is 12.3. The van der Waals surface area contributed by atoms with Crippen LogP contribution in [-0.2, 0) is 6.18 Å². The van der Waals surface area contributed by atoms with Crippen LogP contribution in [0, 0.1) is 5.92 Å². The number of halogens is 4. The first-order valence-electron chi connectivity index (χ1n) is 8.19. The van der Waals surface area contributed by atoms with Gasteiger partial charge in [-0.1, -0.05) is 11.6 Å². The third-order valence-corrected chi connectivity index (χ3v) is 4.94. The number of nitrogens with one attached hydrogen (secondary N) is 3. The highest BCUT2D eigenvalue weighted by Gasteiger charge is 2.35. The van der Waals surface area contributed by atoms with E-state index in [9.17, 15) is 18.0 Å². The number of aromatic nitrogens is 2. The molecule has 2 aromatic rings. The minimum absolute atomic E-state index is 0.0140. The fraction of sp³-hybridized carbons (Fsp3) is 0.500. The quantitative estimate of drug-likeness (QED) is 0.744. The summed E-state index contributed by atoms with van der Waals surface area (Å²) in [7, 11) is 0. The van der Waals surface area contributed by atoms with Gasteiger partial charge in [0.1, 0.15) is 0 Å². The zero-order valence-electron chi connectivity index (χ0n) is 13.9. The van der Waals surface area contributed by atoms with Crippen LogP contribution in [0.15, 0.2) is 21.3 Å². The monoisotopic (exact) mass is 390 g/mol. The van der Waals surface area contributed by atoms with Gasteiger partial charge in [-0.25, -0.2) is 9.89 Å². The number of rotatable bonds is 4. The smallest absolute Gasteiger partial charge is 0.388 e. The summed E-state index contributed by atoms with van der Waals surface area (Å²) in [4.78, 5) is 11.1. The predicted octanol–water partition coefficient (Wildman–Crippen LogP) is 3.50. The van der Waals surface area contributed by atoms with E-state index < -0.39 is 22.5 Å². The van der Waals surface area contributed by atoms with E-state index in [1.165, 1.54) is 6.07 Å². The Labute approximate surface area is 152 Å². The van der Waals surface area contributed by atoms with Crippen molar-refractivity contribution in [3.63, 3.8) is 0 Å². The summed E-state index contributed by atoms with van der Waals surface area (Å²) < 4.78 is 44.9. The number of hydrogen-bond donors (Lipinski definition) is 3. The molecule has 0 unspecified atom stereocenters. The molecule has 0 bridgehead atoms. The maximum Gasteiger partial charge on any atom is 0.434 e. The van der Waals surface area contributed by atoms with Crippen LogP contribution in [0.5, 0.6) is 0 Å². The lowest BCUT2D eigenvalue weighted by Gasteiger charge is -2.30. The largest absolute Gasteiger partial charge is 0.434 e. The summed E-state index contributed by atoms with van der Waals surface area (Å²) in [6.07, 6.45) is -2.81. The molecule has 1 aliphatic heterocycles. The summed E-state index contributed by atoms with van der Waals surface area (Å²) in [6, 6.07) is 2.16. The molecule has 0 spiro atoms. The first kappa shape index (κ1) is 18.8. The van der Waals surface area contributed by atoms with Crippen LogP contribution in [0.1, 0.15) is 25.3 Å². The fourth-order valence-corrected chi connectivity index (χ4v) is 3.39. The molecule has 1 fully saturated rings. The minimum Gasteiger partial charge on any atom is -0.388 e. The maximum absolute atomic E-state index is 13.4. The van der Waals surface area contributed by atoms with Gasteiger partial charge in [-0.2, -0.15) is 13.2 Å². The molecule has 2 heterocycles. The molecule has 6 nitrogen and oxygen atoms in total. The summed E-state index contributed by atoms with van der Waals surface area (Å²) in [5.41, 5.74) is -0.865. The van der Waals surface area contributed by atoms with Crippen molar-refractivity contribution in [2.45, 2.75) is 32.0 Å². The summed E-state index contributed by atoms with van der Waals surface area (Å²) in [5.74, 6) is -0.760. The van der Waals surface area contributed by atoms with Crippen LogP contribution in [0.4, 0.5) is 18.9 Å². The van der Waals surface area contributed by atoms with Gasteiger partial charge in [-0.15, -0.1) is 5.10 Å². The lowest BCUT2D eigenvalue weighted by atomic mass is 9.91. The second-order valence-electron chi connectivity index (χ2n) is 6.32. The van der Waals surface area contributed by atoms with Gasteiger partial charge >= 0.3 is 11.9 Å². The van der Waals surface area contributed by atoms with Gasteiger partial charge in [0.15, 0.2) is 0 Å². The molecule has 3 N–H and O–H groups in total. The molecule has 1 atom stereocenters. The molecule has 1 saturated heterocycles. The van der Waals surface area contributed by atoms with E-state index in [1.54, 1.807) is 0 Å². The molecule has 0 aliphatic carbocycles. The van der Waals surface area contributed by atoms with Crippen molar-refractivity contribution in [3.05, 3.63) is 33.3 Å². The standard InChI is InChI=1S/C16H18ClF3N4O2/c1-8(9-2-4-21-5-3-9)22-12-7-10(14-23-24-15(25)26-14)6-11(13(12)17)16(18,19)20/h6-9,21-22H,2-5H2,1H3,(H,24,25)/t8-/m0/s1. The Morgan fingerprint density at radius 3 is 2.62 bits per heavy atom. The van der Waals surface area contributed by atoms with Crippen LogP contribution < -0.4 is 16.4 Å². The molecule has 26 heavy (non-hydrogen) atoms. The molecule has 1 aliphatic rings. The number of H-pyrrole nitrogens is 1. The Balaban J connectivity index is 1.98. The minimum atomic E-state index is -4.65. The summed E-state index contributed by atoms with van der Waals surface area (Å²) >= 11 is 6.03. The molecule has 1 aromatic heterocycles. The molecular formula is C16H18ClF3N4O2. The number of benzene rings is 1. The number of aromatic amines is 1. The topological polar surface area (TPSA) is 83.0 Å². The van der Waals surface area contributed by atoms with Gasteiger partial charge in [-0.3, -0.25) is 0 Å². The number of alkyl halides is 3. The van der Waals surface area contributed by atoms with Crippen LogP contribution in [0.25, 0.3) is 11.5 Å². The fourth-order valence-electron chi connectivity index (χ4n) is 3.12. The van der Waals surface area contributed by atoms with E-state index in [0.717, 1.165) is 32.0 Å². The van der Waals surface area contributed by atoms with Gasteiger partial charge in [0.2, 0.25) is 5.89 Å². The Morgan fingerprint density at radius 1 is 1.35 bits per heavy atom. The molecule has 3 rings (SSSR count). The van der Waals surface area contributed by atoms with E-state index in [0.29, 0.717) is 5.92 Å². The Morgan fingerprint density at radius 2 is 2.04 bits per heavy atom. The predicted molar refractivity (Wildman–Crippen MR) is 91.3 cm³/mol. The van der Waals surface area contributed by atoms with Gasteiger partial charge in [-0.05, 0) is 50.9 Å². The number of piperidine rings is 1. The Kier molecular flexibility index (Phi) is 5.29. The van der Waals surface area contributed by atoms with Gasteiger partial charge < -0.3 is 15.1 Å². The second kappa shape index (κ2) is 7.32. The lowest BCUT2D eigenvalue weighted by Crippen LogP contribution is -2.36. The summed E-state index contributed by atoms with van der Waals surface area (Å²) in [6.45, 7) is 3.66. The van der Waals surface area contributed by atoms with Crippen molar-refractivity contribution in [1.82, 2.24) is 15.5 Å². The van der Waals surface area contributed by atoms with Crippen molar-refractivity contribution >= 4 is 17.3 Å². The van der Waals surface area contributed by atoms with E-state index in [4.69, 9.17) is 16.0 Å². The lowest BCUT2D eigenvalue weighted by molar-refractivity contribution is -0.137. The van der Waals surface area contributed by atoms with Crippen molar-refractivity contribution in [3.8, 4) is 11.5 Å². The first-order valence-corrected chi connectivity index (χ1v) is 8.57. The van der Waals surface area contributed by atoms with Crippen LogP contribution in [-0.4, -0.2) is 29.3 Å². The second-order valence-corrected chi connectivity index (χ2v) is 6.70. The highest BCUT2D eigenvalue weighted by Crippen LogP contribution is 2.41. The average Bonchev–Trinajstić information content (AvgIpc) is 3.03. The maximum atomic E-state index is 13.4. The van der Waals surface area contributed by atoms with Crippen molar-refractivity contribution in [1.29, 1.82) is 0 Å². The molecule has 0 amide bonds. The van der Waals surface area contributed by atoms with E-state index in [-0.39, 0.29) is 23.2 Å². The van der Waals surface area contributed by atoms with Gasteiger partial charge in [0.05, 0.1) is 16.3 Å². The zero-order valence-corrected chi connectivity index (χ0v) is 14.7. The Bertz CT molecular complexity index is 828. The highest BCUT2D eigenvalue weighted by atomic mass is 35.5. The molecule has 0 saturated carbocycles. The molecule has 142 valence electrons. The normalized spacial score (nSPS) is 17.3. The van der Waals surface area contributed by atoms with Crippen LogP contribution in [0.2, 0.25) is 5.02 Å². The Hall–Kier alpha value is -2.00. The molecule has 0 radical (unpaired) electrons. The van der Waals surface area contributed by atoms with Crippen LogP contribution >= 0.6 is 11.6 Å². The molecule has 1 aromatic carbocycles. The zero-order chi connectivity index (χ0) is 18.9. The van der Waals surface area contributed by atoms with Gasteiger partial charge in [0, 0.05) is 11.6 Å². The third kappa shape index (κ3) is 4.04. The average molecular weight is 391 g/mol. The van der Waals surface area contributed by atoms with E-state index in [2.05, 4.69) is 15.7 Å². The van der Waals surface area contributed by atoms with E-state index in [1.807, 2.05) is 12.0 Å². The third-order valence-electron chi connectivity index (χ3n) is 4.54. The van der Waals surface area contributed by atoms with Gasteiger partial charge in [0.25, 0.3) is 0 Å². The summed E-state index contributed by atoms with van der Waals surface area (Å²) in [5, 5.41) is 11.6.